The number of carbonyl (C=O) groups is 2. The van der Waals surface area contributed by atoms with Gasteiger partial charge in [0, 0.05) is 5.97 Å². The molecule has 0 amide bonds. The summed E-state index contributed by atoms with van der Waals surface area (Å²) in [5.74, 6) is -2.52. The van der Waals surface area contributed by atoms with Gasteiger partial charge < -0.3 is 24.9 Å². The molecule has 0 rings (SSSR count). The Morgan fingerprint density at radius 1 is 1.25 bits per heavy atom. The average Bonchev–Trinajstić information content (AvgIpc) is 1.63. The molecule has 1 atom stereocenters. The number of aliphatic carboxylic acids is 2. The zero-order valence-corrected chi connectivity index (χ0v) is 9.23. The van der Waals surface area contributed by atoms with E-state index in [0.29, 0.717) is 0 Å². The molecule has 1 unspecified atom stereocenters. The van der Waals surface area contributed by atoms with Gasteiger partial charge in [0.25, 0.3) is 0 Å². The number of aliphatic hydroxyl groups excluding tert-OH is 1. The minimum atomic E-state index is -1.44. The Morgan fingerprint density at radius 2 is 1.33 bits per heavy atom. The summed E-state index contributed by atoms with van der Waals surface area (Å²) in [6, 6.07) is 0. The zero-order chi connectivity index (χ0) is 8.73. The Morgan fingerprint density at radius 3 is 1.33 bits per heavy atom. The Kier molecular flexibility index (Phi) is 26.5. The molecule has 0 aliphatic heterocycles. The predicted octanol–water partition coefficient (Wildman–Crippen LogP) is -3.13. The summed E-state index contributed by atoms with van der Waals surface area (Å²) in [7, 11) is 0. The molecule has 5 nitrogen and oxygen atoms in total. The SMILES string of the molecule is CC(=O)[O-].CC(O)C(=O)[O-].[Ag+].[Ag+]. The van der Waals surface area contributed by atoms with Crippen molar-refractivity contribution in [2.45, 2.75) is 20.0 Å². The molecule has 0 bridgehead atoms. The molecule has 0 heterocycles. The van der Waals surface area contributed by atoms with Gasteiger partial charge in [-0.05, 0) is 13.8 Å². The van der Waals surface area contributed by atoms with Crippen molar-refractivity contribution in [3.8, 4) is 0 Å². The van der Waals surface area contributed by atoms with Crippen molar-refractivity contribution in [1.82, 2.24) is 0 Å². The summed E-state index contributed by atoms with van der Waals surface area (Å²) < 4.78 is 0. The van der Waals surface area contributed by atoms with E-state index in [-0.39, 0.29) is 44.8 Å². The monoisotopic (exact) mass is 362 g/mol. The Balaban J connectivity index is -0.0000000483. The molecule has 0 spiro atoms. The minimum absolute atomic E-state index is 0. The molecule has 0 aromatic rings. The van der Waals surface area contributed by atoms with Crippen LogP contribution in [0, 0.1) is 0 Å². The smallest absolute Gasteiger partial charge is 0.550 e. The van der Waals surface area contributed by atoms with E-state index >= 15 is 0 Å². The molecular formula is C5H8Ag2O5. The molecule has 0 aromatic carbocycles. The standard InChI is InChI=1S/C3H6O3.C2H4O2.2Ag/c1-2(4)3(5)6;1-2(3)4;;/h2,4H,1H3,(H,5,6);1H3,(H,3,4);;/q;;2*+1/p-2. The number of aliphatic hydroxyl groups is 1. The van der Waals surface area contributed by atoms with Gasteiger partial charge >= 0.3 is 44.8 Å². The van der Waals surface area contributed by atoms with Crippen LogP contribution in [-0.4, -0.2) is 23.1 Å². The molecule has 80 valence electrons. The van der Waals surface area contributed by atoms with Gasteiger partial charge in [-0.2, -0.15) is 0 Å². The van der Waals surface area contributed by atoms with Crippen molar-refractivity contribution < 1.29 is 69.7 Å². The van der Waals surface area contributed by atoms with Crippen LogP contribution in [-0.2, 0) is 54.3 Å². The fourth-order valence-electron chi connectivity index (χ4n) is 0. The maximum Gasteiger partial charge on any atom is 1.00 e. The normalized spacial score (nSPS) is 8.92. The van der Waals surface area contributed by atoms with Crippen LogP contribution in [0.3, 0.4) is 0 Å². The van der Waals surface area contributed by atoms with Gasteiger partial charge in [0.2, 0.25) is 0 Å². The second-order valence-corrected chi connectivity index (χ2v) is 1.49. The summed E-state index contributed by atoms with van der Waals surface area (Å²) in [6.07, 6.45) is -1.34. The summed E-state index contributed by atoms with van der Waals surface area (Å²) in [5.41, 5.74) is 0. The molecule has 0 fully saturated rings. The molecule has 1 N–H and O–H groups in total. The second kappa shape index (κ2) is 13.9. The maximum absolute atomic E-state index is 9.34. The predicted molar refractivity (Wildman–Crippen MR) is 27.4 cm³/mol. The van der Waals surface area contributed by atoms with Crippen LogP contribution < -0.4 is 10.2 Å². The zero-order valence-electron chi connectivity index (χ0n) is 6.26. The number of rotatable bonds is 1. The van der Waals surface area contributed by atoms with Crippen molar-refractivity contribution in [3.05, 3.63) is 0 Å². The van der Waals surface area contributed by atoms with Gasteiger partial charge in [0.1, 0.15) is 0 Å². The number of hydrogen-bond acceptors (Lipinski definition) is 5. The number of carboxylic acid groups (broad SMARTS) is 2. The molecule has 0 aliphatic carbocycles. The Bertz CT molecular complexity index is 121. The first-order valence-electron chi connectivity index (χ1n) is 2.44. The van der Waals surface area contributed by atoms with Crippen LogP contribution in [0.15, 0.2) is 0 Å². The summed E-state index contributed by atoms with van der Waals surface area (Å²) in [6.45, 7) is 2.11. The maximum atomic E-state index is 9.34. The first-order valence-corrected chi connectivity index (χ1v) is 2.44. The summed E-state index contributed by atoms with van der Waals surface area (Å²) >= 11 is 0. The third kappa shape index (κ3) is 47.6. The van der Waals surface area contributed by atoms with E-state index in [0.717, 1.165) is 13.8 Å². The van der Waals surface area contributed by atoms with E-state index in [1.165, 1.54) is 0 Å². The van der Waals surface area contributed by atoms with Crippen LogP contribution in [0.2, 0.25) is 0 Å². The van der Waals surface area contributed by atoms with Crippen LogP contribution in [0.5, 0.6) is 0 Å². The van der Waals surface area contributed by atoms with Gasteiger partial charge in [-0.15, -0.1) is 0 Å². The number of hydrogen-bond donors (Lipinski definition) is 1. The van der Waals surface area contributed by atoms with Crippen LogP contribution in [0.4, 0.5) is 0 Å². The fraction of sp³-hybridized carbons (Fsp3) is 0.600. The molecule has 7 heteroatoms. The molecule has 0 aliphatic rings. The van der Waals surface area contributed by atoms with E-state index in [9.17, 15) is 9.90 Å². The summed E-state index contributed by atoms with van der Waals surface area (Å²) in [4.78, 5) is 18.2. The van der Waals surface area contributed by atoms with Crippen molar-refractivity contribution in [1.29, 1.82) is 0 Å². The third-order valence-corrected chi connectivity index (χ3v) is 0.341. The van der Waals surface area contributed by atoms with E-state index in [4.69, 9.17) is 15.0 Å². The Labute approximate surface area is 101 Å². The van der Waals surface area contributed by atoms with Crippen molar-refractivity contribution in [2.75, 3.05) is 0 Å². The fourth-order valence-corrected chi connectivity index (χ4v) is 0. The molecule has 0 radical (unpaired) electrons. The van der Waals surface area contributed by atoms with Gasteiger partial charge in [-0.3, -0.25) is 0 Å². The van der Waals surface area contributed by atoms with Crippen molar-refractivity contribution in [3.63, 3.8) is 0 Å². The van der Waals surface area contributed by atoms with Crippen LogP contribution >= 0.6 is 0 Å². The van der Waals surface area contributed by atoms with Crippen molar-refractivity contribution in [2.24, 2.45) is 0 Å². The summed E-state index contributed by atoms with van der Waals surface area (Å²) in [5, 5.41) is 26.2. The van der Waals surface area contributed by atoms with Crippen LogP contribution in [0.1, 0.15) is 13.8 Å². The van der Waals surface area contributed by atoms with Gasteiger partial charge in [0.05, 0.1) is 12.1 Å². The third-order valence-electron chi connectivity index (χ3n) is 0.341. The first-order chi connectivity index (χ1) is 4.37. The quantitative estimate of drug-likeness (QED) is 0.496. The molecule has 0 saturated heterocycles. The first kappa shape index (κ1) is 22.8. The van der Waals surface area contributed by atoms with E-state index in [2.05, 4.69) is 0 Å². The molecule has 0 aromatic heterocycles. The average molecular weight is 364 g/mol. The minimum Gasteiger partial charge on any atom is -0.550 e. The molecule has 12 heavy (non-hydrogen) atoms. The second-order valence-electron chi connectivity index (χ2n) is 1.49. The number of carbonyl (C=O) groups excluding carboxylic acids is 2. The topological polar surface area (TPSA) is 100 Å². The van der Waals surface area contributed by atoms with E-state index in [1.54, 1.807) is 0 Å². The largest absolute Gasteiger partial charge is 1.00 e. The van der Waals surface area contributed by atoms with Crippen molar-refractivity contribution >= 4 is 11.9 Å². The van der Waals surface area contributed by atoms with Gasteiger partial charge in [-0.1, -0.05) is 0 Å². The van der Waals surface area contributed by atoms with E-state index < -0.39 is 18.0 Å². The molecule has 0 saturated carbocycles. The molecular weight excluding hydrogens is 356 g/mol. The van der Waals surface area contributed by atoms with E-state index in [1.807, 2.05) is 0 Å². The van der Waals surface area contributed by atoms with Gasteiger partial charge in [0.15, 0.2) is 0 Å². The Hall–Kier alpha value is 0.381. The van der Waals surface area contributed by atoms with Gasteiger partial charge in [-0.25, -0.2) is 0 Å². The number of carboxylic acids is 2. The van der Waals surface area contributed by atoms with Crippen LogP contribution in [0.25, 0.3) is 0 Å².